The highest BCUT2D eigenvalue weighted by Gasteiger charge is 2.34. The first-order valence-corrected chi connectivity index (χ1v) is 8.80. The van der Waals surface area contributed by atoms with Crippen LogP contribution in [0.25, 0.3) is 0 Å². The van der Waals surface area contributed by atoms with Gasteiger partial charge in [-0.2, -0.15) is 13.2 Å². The van der Waals surface area contributed by atoms with Gasteiger partial charge in [-0.3, -0.25) is 9.59 Å². The van der Waals surface area contributed by atoms with Crippen LogP contribution in [0.3, 0.4) is 0 Å². The van der Waals surface area contributed by atoms with E-state index in [2.05, 4.69) is 10.6 Å². The number of halogens is 4. The zero-order chi connectivity index (χ0) is 21.9. The van der Waals surface area contributed by atoms with Crippen molar-refractivity contribution in [2.24, 2.45) is 0 Å². The predicted octanol–water partition coefficient (Wildman–Crippen LogP) is 5.66. The Labute approximate surface area is 169 Å². The molecule has 0 bridgehead atoms. The molecule has 30 heavy (non-hydrogen) atoms. The SMILES string of the molecule is Cc1ccc(C(=O)Nc2ccc(NC(=O)c3ccccc3F)cc2C(F)(F)F)cc1. The van der Waals surface area contributed by atoms with E-state index in [4.69, 9.17) is 0 Å². The van der Waals surface area contributed by atoms with Gasteiger partial charge in [0.25, 0.3) is 11.8 Å². The molecular formula is C22H16F4N2O2. The average Bonchev–Trinajstić information content (AvgIpc) is 2.69. The van der Waals surface area contributed by atoms with Crippen LogP contribution in [0.4, 0.5) is 28.9 Å². The van der Waals surface area contributed by atoms with Crippen molar-refractivity contribution in [1.29, 1.82) is 0 Å². The van der Waals surface area contributed by atoms with Gasteiger partial charge in [0, 0.05) is 11.3 Å². The summed E-state index contributed by atoms with van der Waals surface area (Å²) < 4.78 is 54.3. The molecule has 0 saturated carbocycles. The molecule has 2 N–H and O–H groups in total. The minimum absolute atomic E-state index is 0.191. The van der Waals surface area contributed by atoms with E-state index in [0.29, 0.717) is 6.07 Å². The molecule has 2 amide bonds. The van der Waals surface area contributed by atoms with E-state index in [0.717, 1.165) is 17.7 Å². The lowest BCUT2D eigenvalue weighted by Gasteiger charge is -2.16. The van der Waals surface area contributed by atoms with Gasteiger partial charge < -0.3 is 10.6 Å². The molecule has 0 aliphatic heterocycles. The second-order valence-electron chi connectivity index (χ2n) is 6.51. The number of aryl methyl sites for hydroxylation is 1. The normalized spacial score (nSPS) is 11.1. The molecule has 0 aliphatic rings. The van der Waals surface area contributed by atoms with E-state index in [1.54, 1.807) is 12.1 Å². The van der Waals surface area contributed by atoms with Crippen LogP contribution in [0.5, 0.6) is 0 Å². The largest absolute Gasteiger partial charge is 0.418 e. The van der Waals surface area contributed by atoms with Gasteiger partial charge >= 0.3 is 6.18 Å². The van der Waals surface area contributed by atoms with E-state index >= 15 is 0 Å². The van der Waals surface area contributed by atoms with Crippen molar-refractivity contribution in [3.8, 4) is 0 Å². The molecule has 3 aromatic carbocycles. The van der Waals surface area contributed by atoms with Crippen molar-refractivity contribution in [3.63, 3.8) is 0 Å². The summed E-state index contributed by atoms with van der Waals surface area (Å²) in [4.78, 5) is 24.5. The van der Waals surface area contributed by atoms with Gasteiger partial charge in [0.15, 0.2) is 0 Å². The van der Waals surface area contributed by atoms with Gasteiger partial charge in [0.2, 0.25) is 0 Å². The third-order valence-corrected chi connectivity index (χ3v) is 4.26. The van der Waals surface area contributed by atoms with Crippen molar-refractivity contribution >= 4 is 23.2 Å². The Morgan fingerprint density at radius 1 is 0.833 bits per heavy atom. The lowest BCUT2D eigenvalue weighted by molar-refractivity contribution is -0.136. The van der Waals surface area contributed by atoms with Gasteiger partial charge in [-0.05, 0) is 49.4 Å². The quantitative estimate of drug-likeness (QED) is 0.540. The molecule has 0 spiro atoms. The summed E-state index contributed by atoms with van der Waals surface area (Å²) in [6.45, 7) is 1.82. The first-order chi connectivity index (χ1) is 14.1. The summed E-state index contributed by atoms with van der Waals surface area (Å²) in [7, 11) is 0. The standard InChI is InChI=1S/C22H16F4N2O2/c1-13-6-8-14(9-7-13)20(29)28-19-11-10-15(12-17(19)22(24,25)26)27-21(30)16-4-2-3-5-18(16)23/h2-12H,1H3,(H,27,30)(H,28,29). The van der Waals surface area contributed by atoms with Crippen molar-refractivity contribution in [2.75, 3.05) is 10.6 Å². The lowest BCUT2D eigenvalue weighted by Crippen LogP contribution is -2.18. The second kappa shape index (κ2) is 8.36. The van der Waals surface area contributed by atoms with E-state index in [1.807, 2.05) is 6.92 Å². The summed E-state index contributed by atoms with van der Waals surface area (Å²) in [6.07, 6.45) is -4.80. The molecule has 0 heterocycles. The molecule has 154 valence electrons. The fourth-order valence-electron chi connectivity index (χ4n) is 2.71. The molecule has 3 aromatic rings. The number of hydrogen-bond acceptors (Lipinski definition) is 2. The number of nitrogens with one attached hydrogen (secondary N) is 2. The van der Waals surface area contributed by atoms with Gasteiger partial charge in [-0.25, -0.2) is 4.39 Å². The molecule has 0 unspecified atom stereocenters. The molecule has 3 rings (SSSR count). The molecular weight excluding hydrogens is 400 g/mol. The Balaban J connectivity index is 1.87. The maximum Gasteiger partial charge on any atom is 0.418 e. The molecule has 0 aromatic heterocycles. The van der Waals surface area contributed by atoms with E-state index in [1.165, 1.54) is 36.4 Å². The van der Waals surface area contributed by atoms with Crippen molar-refractivity contribution < 1.29 is 27.2 Å². The van der Waals surface area contributed by atoms with E-state index in [-0.39, 0.29) is 16.8 Å². The molecule has 0 atom stereocenters. The Hall–Kier alpha value is -3.68. The third-order valence-electron chi connectivity index (χ3n) is 4.26. The fraction of sp³-hybridized carbons (Fsp3) is 0.0909. The monoisotopic (exact) mass is 416 g/mol. The second-order valence-corrected chi connectivity index (χ2v) is 6.51. The van der Waals surface area contributed by atoms with Crippen molar-refractivity contribution in [2.45, 2.75) is 13.1 Å². The summed E-state index contributed by atoms with van der Waals surface area (Å²) in [5.74, 6) is -2.39. The minimum atomic E-state index is -4.80. The van der Waals surface area contributed by atoms with Crippen LogP contribution in [0, 0.1) is 12.7 Å². The number of carbonyl (C=O) groups excluding carboxylic acids is 2. The van der Waals surface area contributed by atoms with Gasteiger partial charge in [0.05, 0.1) is 16.8 Å². The first kappa shape index (κ1) is 21.0. The van der Waals surface area contributed by atoms with Crippen LogP contribution in [0.15, 0.2) is 66.7 Å². The van der Waals surface area contributed by atoms with Crippen LogP contribution >= 0.6 is 0 Å². The summed E-state index contributed by atoms with van der Waals surface area (Å²) in [5, 5.41) is 4.48. The van der Waals surface area contributed by atoms with Crippen molar-refractivity contribution in [3.05, 3.63) is 94.8 Å². The number of alkyl halides is 3. The van der Waals surface area contributed by atoms with Gasteiger partial charge in [-0.1, -0.05) is 29.8 Å². The number of anilines is 2. The smallest absolute Gasteiger partial charge is 0.322 e. The molecule has 0 aliphatic carbocycles. The van der Waals surface area contributed by atoms with Gasteiger partial charge in [0.1, 0.15) is 5.82 Å². The summed E-state index contributed by atoms with van der Waals surface area (Å²) in [5.41, 5.74) is -0.999. The van der Waals surface area contributed by atoms with Crippen LogP contribution in [0.2, 0.25) is 0 Å². The molecule has 0 radical (unpaired) electrons. The zero-order valence-electron chi connectivity index (χ0n) is 15.7. The van der Waals surface area contributed by atoms with Crippen molar-refractivity contribution in [1.82, 2.24) is 0 Å². The zero-order valence-corrected chi connectivity index (χ0v) is 15.7. The maximum atomic E-state index is 13.7. The Kier molecular flexibility index (Phi) is 5.86. The van der Waals surface area contributed by atoms with Crippen LogP contribution < -0.4 is 10.6 Å². The number of amides is 2. The molecule has 0 fully saturated rings. The van der Waals surface area contributed by atoms with Crippen LogP contribution in [0.1, 0.15) is 31.8 Å². The summed E-state index contributed by atoms with van der Waals surface area (Å²) in [6, 6.07) is 14.4. The topological polar surface area (TPSA) is 58.2 Å². The van der Waals surface area contributed by atoms with Crippen LogP contribution in [-0.4, -0.2) is 11.8 Å². The maximum absolute atomic E-state index is 13.7. The van der Waals surface area contributed by atoms with E-state index in [9.17, 15) is 27.2 Å². The Morgan fingerprint density at radius 3 is 2.13 bits per heavy atom. The fourth-order valence-corrected chi connectivity index (χ4v) is 2.71. The van der Waals surface area contributed by atoms with Gasteiger partial charge in [-0.15, -0.1) is 0 Å². The number of carbonyl (C=O) groups is 2. The molecule has 0 saturated heterocycles. The Morgan fingerprint density at radius 2 is 1.50 bits per heavy atom. The highest BCUT2D eigenvalue weighted by atomic mass is 19.4. The number of hydrogen-bond donors (Lipinski definition) is 2. The van der Waals surface area contributed by atoms with Crippen LogP contribution in [-0.2, 0) is 6.18 Å². The lowest BCUT2D eigenvalue weighted by atomic mass is 10.1. The first-order valence-electron chi connectivity index (χ1n) is 8.80. The van der Waals surface area contributed by atoms with E-state index < -0.39 is 35.1 Å². The highest BCUT2D eigenvalue weighted by molar-refractivity contribution is 6.06. The predicted molar refractivity (Wildman–Crippen MR) is 105 cm³/mol. The number of benzene rings is 3. The highest BCUT2D eigenvalue weighted by Crippen LogP contribution is 2.37. The number of rotatable bonds is 4. The summed E-state index contributed by atoms with van der Waals surface area (Å²) >= 11 is 0. The molecule has 4 nitrogen and oxygen atoms in total. The Bertz CT molecular complexity index is 1090. The molecule has 8 heteroatoms. The minimum Gasteiger partial charge on any atom is -0.322 e. The average molecular weight is 416 g/mol. The third kappa shape index (κ3) is 4.83.